The molecule has 8 nitrogen and oxygen atoms in total. The monoisotopic (exact) mass is 370 g/mol. The number of rotatable bonds is 6. The second-order valence-corrected chi connectivity index (χ2v) is 7.12. The quantitative estimate of drug-likeness (QED) is 0.392. The summed E-state index contributed by atoms with van der Waals surface area (Å²) in [5.74, 6) is -1.91. The number of ether oxygens (including phenoxy) is 5. The molecule has 0 aliphatic carbocycles. The van der Waals surface area contributed by atoms with Crippen molar-refractivity contribution in [3.63, 3.8) is 0 Å². The maximum atomic E-state index is 11.6. The highest BCUT2D eigenvalue weighted by molar-refractivity contribution is 5.82. The Balaban J connectivity index is 2.29. The Labute approximate surface area is 152 Å². The molecule has 0 radical (unpaired) electrons. The largest absolute Gasteiger partial charge is 0.466 e. The van der Waals surface area contributed by atoms with Crippen LogP contribution in [0.2, 0.25) is 0 Å². The Morgan fingerprint density at radius 3 is 2.54 bits per heavy atom. The minimum atomic E-state index is -1.01. The molecule has 0 aromatic heterocycles. The minimum absolute atomic E-state index is 0.0581. The molecule has 2 saturated heterocycles. The van der Waals surface area contributed by atoms with E-state index in [1.54, 1.807) is 20.8 Å². The fourth-order valence-corrected chi connectivity index (χ4v) is 3.50. The normalized spacial score (nSPS) is 33.3. The van der Waals surface area contributed by atoms with Gasteiger partial charge in [0.05, 0.1) is 13.7 Å². The maximum Gasteiger partial charge on any atom is 0.330 e. The van der Waals surface area contributed by atoms with Crippen LogP contribution < -0.4 is 0 Å². The van der Waals surface area contributed by atoms with Crippen LogP contribution in [0.3, 0.4) is 0 Å². The Morgan fingerprint density at radius 2 is 1.96 bits per heavy atom. The zero-order valence-corrected chi connectivity index (χ0v) is 15.8. The van der Waals surface area contributed by atoms with Gasteiger partial charge in [-0.2, -0.15) is 0 Å². The molecule has 8 heteroatoms. The molecule has 2 aliphatic rings. The van der Waals surface area contributed by atoms with Gasteiger partial charge in [-0.3, -0.25) is 4.79 Å². The van der Waals surface area contributed by atoms with Crippen molar-refractivity contribution in [3.05, 3.63) is 11.6 Å². The number of carbonyl (C=O) groups is 3. The Kier molecular flexibility index (Phi) is 6.21. The predicted molar refractivity (Wildman–Crippen MR) is 89.1 cm³/mol. The molecule has 0 N–H and O–H groups in total. The molecule has 0 aromatic rings. The van der Waals surface area contributed by atoms with Crippen molar-refractivity contribution >= 4 is 18.2 Å². The number of fused-ring (bicyclic) bond motifs is 1. The van der Waals surface area contributed by atoms with Gasteiger partial charge in [-0.25, -0.2) is 4.79 Å². The van der Waals surface area contributed by atoms with Crippen LogP contribution in [0.25, 0.3) is 0 Å². The van der Waals surface area contributed by atoms with E-state index >= 15 is 0 Å². The number of carbonyl (C=O) groups excluding carboxylic acids is 3. The van der Waals surface area contributed by atoms with E-state index in [9.17, 15) is 14.4 Å². The standard InChI is InChI=1S/C18H26O8/c1-11(9-14(21)22-5)8-13-15(24-12(2)20)16-18(6-7-19,10-23-13)26-17(3,4)25-16/h7,9,13,15-16H,6,8,10H2,1-5H3/b11-9+. The van der Waals surface area contributed by atoms with Gasteiger partial charge in [-0.05, 0) is 27.2 Å². The molecule has 2 heterocycles. The van der Waals surface area contributed by atoms with Crippen LogP contribution in [0, 0.1) is 0 Å². The van der Waals surface area contributed by atoms with Crippen molar-refractivity contribution in [1.82, 2.24) is 0 Å². The third kappa shape index (κ3) is 4.49. The van der Waals surface area contributed by atoms with Crippen LogP contribution in [0.15, 0.2) is 11.6 Å². The van der Waals surface area contributed by atoms with Gasteiger partial charge in [0.1, 0.15) is 24.1 Å². The second kappa shape index (κ2) is 7.85. The maximum absolute atomic E-state index is 11.6. The molecule has 0 amide bonds. The van der Waals surface area contributed by atoms with E-state index in [0.29, 0.717) is 12.0 Å². The first-order valence-electron chi connectivity index (χ1n) is 8.48. The molecule has 26 heavy (non-hydrogen) atoms. The van der Waals surface area contributed by atoms with Crippen LogP contribution >= 0.6 is 0 Å². The molecule has 0 saturated carbocycles. The molecule has 2 aliphatic heterocycles. The second-order valence-electron chi connectivity index (χ2n) is 7.12. The third-order valence-corrected chi connectivity index (χ3v) is 4.40. The van der Waals surface area contributed by atoms with Gasteiger partial charge in [-0.15, -0.1) is 0 Å². The number of methoxy groups -OCH3 is 1. The smallest absolute Gasteiger partial charge is 0.330 e. The molecule has 0 bridgehead atoms. The van der Waals surface area contributed by atoms with E-state index in [1.807, 2.05) is 0 Å². The number of hydrogen-bond donors (Lipinski definition) is 0. The zero-order valence-electron chi connectivity index (χ0n) is 15.8. The van der Waals surface area contributed by atoms with Gasteiger partial charge >= 0.3 is 11.9 Å². The van der Waals surface area contributed by atoms with E-state index in [0.717, 1.165) is 6.29 Å². The van der Waals surface area contributed by atoms with Crippen molar-refractivity contribution in [2.24, 2.45) is 0 Å². The summed E-state index contributed by atoms with van der Waals surface area (Å²) in [4.78, 5) is 34.3. The van der Waals surface area contributed by atoms with Gasteiger partial charge in [0.2, 0.25) is 0 Å². The summed E-state index contributed by atoms with van der Waals surface area (Å²) in [6.45, 7) is 6.65. The van der Waals surface area contributed by atoms with E-state index in [4.69, 9.17) is 18.9 Å². The molecule has 0 aromatic carbocycles. The lowest BCUT2D eigenvalue weighted by Gasteiger charge is -2.43. The van der Waals surface area contributed by atoms with E-state index in [2.05, 4.69) is 4.74 Å². The summed E-state index contributed by atoms with van der Waals surface area (Å²) < 4.78 is 28.0. The van der Waals surface area contributed by atoms with Crippen LogP contribution in [0.4, 0.5) is 0 Å². The zero-order chi connectivity index (χ0) is 19.5. The van der Waals surface area contributed by atoms with Crippen LogP contribution in [-0.4, -0.2) is 61.6 Å². The van der Waals surface area contributed by atoms with Crippen LogP contribution in [0.5, 0.6) is 0 Å². The third-order valence-electron chi connectivity index (χ3n) is 4.40. The molecule has 2 rings (SSSR count). The lowest BCUT2D eigenvalue weighted by Crippen LogP contribution is -2.60. The van der Waals surface area contributed by atoms with Gasteiger partial charge < -0.3 is 28.5 Å². The van der Waals surface area contributed by atoms with Crippen molar-refractivity contribution in [2.45, 2.75) is 70.2 Å². The highest BCUT2D eigenvalue weighted by Gasteiger charge is 2.61. The average molecular weight is 370 g/mol. The first-order chi connectivity index (χ1) is 12.1. The molecule has 4 unspecified atom stereocenters. The van der Waals surface area contributed by atoms with Gasteiger partial charge in [-0.1, -0.05) is 5.57 Å². The van der Waals surface area contributed by atoms with E-state index < -0.39 is 41.6 Å². The van der Waals surface area contributed by atoms with Gasteiger partial charge in [0.15, 0.2) is 11.9 Å². The molecule has 4 atom stereocenters. The predicted octanol–water partition coefficient (Wildman–Crippen LogP) is 1.31. The fraction of sp³-hybridized carbons (Fsp3) is 0.722. The SMILES string of the molecule is COC(=O)/C=C(\C)CC1OCC2(CC=O)OC(C)(C)OC2C1OC(C)=O. The lowest BCUT2D eigenvalue weighted by molar-refractivity contribution is -0.207. The van der Waals surface area contributed by atoms with Crippen molar-refractivity contribution < 1.29 is 38.1 Å². The topological polar surface area (TPSA) is 97.4 Å². The molecular formula is C18H26O8. The highest BCUT2D eigenvalue weighted by Crippen LogP contribution is 2.45. The van der Waals surface area contributed by atoms with Crippen molar-refractivity contribution in [3.8, 4) is 0 Å². The lowest BCUT2D eigenvalue weighted by atomic mass is 9.84. The molecular weight excluding hydrogens is 344 g/mol. The molecule has 0 spiro atoms. The summed E-state index contributed by atoms with van der Waals surface area (Å²) in [5.41, 5.74) is -0.304. The Bertz CT molecular complexity index is 596. The summed E-state index contributed by atoms with van der Waals surface area (Å²) in [7, 11) is 1.30. The molecule has 146 valence electrons. The Hall–Kier alpha value is -1.77. The highest BCUT2D eigenvalue weighted by atomic mass is 16.8. The first kappa shape index (κ1) is 20.5. The minimum Gasteiger partial charge on any atom is -0.466 e. The number of hydrogen-bond acceptors (Lipinski definition) is 8. The Morgan fingerprint density at radius 1 is 1.27 bits per heavy atom. The summed E-state index contributed by atoms with van der Waals surface area (Å²) in [5, 5.41) is 0. The van der Waals surface area contributed by atoms with Gasteiger partial charge in [0.25, 0.3) is 0 Å². The fourth-order valence-electron chi connectivity index (χ4n) is 3.50. The van der Waals surface area contributed by atoms with Gasteiger partial charge in [0, 0.05) is 19.4 Å². The average Bonchev–Trinajstić information content (AvgIpc) is 2.80. The summed E-state index contributed by atoms with van der Waals surface area (Å²) in [6.07, 6.45) is 0.529. The van der Waals surface area contributed by atoms with Crippen LogP contribution in [0.1, 0.15) is 40.5 Å². The first-order valence-corrected chi connectivity index (χ1v) is 8.48. The van der Waals surface area contributed by atoms with Crippen molar-refractivity contribution in [2.75, 3.05) is 13.7 Å². The van der Waals surface area contributed by atoms with Crippen molar-refractivity contribution in [1.29, 1.82) is 0 Å². The van der Waals surface area contributed by atoms with Crippen LogP contribution in [-0.2, 0) is 38.1 Å². The summed E-state index contributed by atoms with van der Waals surface area (Å²) >= 11 is 0. The number of esters is 2. The number of aldehydes is 1. The molecule has 2 fully saturated rings. The van der Waals surface area contributed by atoms with E-state index in [-0.39, 0.29) is 13.0 Å². The van der Waals surface area contributed by atoms with E-state index in [1.165, 1.54) is 20.1 Å². The summed E-state index contributed by atoms with van der Waals surface area (Å²) in [6, 6.07) is 0.